The Hall–Kier alpha value is 0.454. The van der Waals surface area contributed by atoms with Gasteiger partial charge in [-0.25, -0.2) is 0 Å². The number of rotatable bonds is 0. The molecule has 10 radical (unpaired) electrons. The Labute approximate surface area is 119 Å². The summed E-state index contributed by atoms with van der Waals surface area (Å²) in [6.07, 6.45) is 20.0. The third-order valence-corrected chi connectivity index (χ3v) is 1.11. The second-order valence-electron chi connectivity index (χ2n) is 3.00. The minimum Gasteiger partial charge on any atom is -0.515 e. The zero-order chi connectivity index (χ0) is 10.6. The van der Waals surface area contributed by atoms with Gasteiger partial charge in [0.1, 0.15) is 0 Å². The molecule has 0 aliphatic heterocycles. The molecule has 2 rings (SSSR count). The molecule has 2 aliphatic rings. The summed E-state index contributed by atoms with van der Waals surface area (Å²) in [7, 11) is 0. The summed E-state index contributed by atoms with van der Waals surface area (Å²) in [6, 6.07) is 0. The summed E-state index contributed by atoms with van der Waals surface area (Å²) in [5.74, 6) is 0. The van der Waals surface area contributed by atoms with Crippen LogP contribution in [0.5, 0.6) is 0 Å². The smallest absolute Gasteiger partial charge is 0.515 e. The van der Waals surface area contributed by atoms with E-state index in [1.54, 1.807) is 0 Å². The molecule has 0 unspecified atom stereocenters. The van der Waals surface area contributed by atoms with Gasteiger partial charge < -0.3 is 14.0 Å². The third kappa shape index (κ3) is 23.9. The van der Waals surface area contributed by atoms with Gasteiger partial charge in [0.2, 0.25) is 0 Å². The van der Waals surface area contributed by atoms with Crippen molar-refractivity contribution < 1.29 is 21.7 Å². The van der Waals surface area contributed by atoms with Gasteiger partial charge in [0.15, 0.2) is 0 Å². The quantitative estimate of drug-likeness (QED) is 0.451. The largest absolute Gasteiger partial charge is 4.00 e. The topological polar surface area (TPSA) is 0 Å². The van der Waals surface area contributed by atoms with Crippen molar-refractivity contribution in [1.29, 1.82) is 0 Å². The van der Waals surface area contributed by atoms with Crippen LogP contribution >= 0.6 is 0 Å². The van der Waals surface area contributed by atoms with Gasteiger partial charge in [-0.05, 0) is 64.2 Å². The van der Waals surface area contributed by atoms with Crippen molar-refractivity contribution >= 4 is 0 Å². The predicted octanol–water partition coefficient (Wildman–Crippen LogP) is 3.88. The van der Waals surface area contributed by atoms with Gasteiger partial charge in [0, 0.05) is 0 Å². The van der Waals surface area contributed by atoms with Crippen molar-refractivity contribution in [1.82, 2.24) is 0 Å². The summed E-state index contributed by atoms with van der Waals surface area (Å²) >= 11 is 0. The zero-order valence-corrected chi connectivity index (χ0v) is 11.9. The molecule has 0 atom stereocenters. The predicted molar refractivity (Wildman–Crippen MR) is 68.6 cm³/mol. The zero-order valence-electron chi connectivity index (χ0n) is 10.4. The Morgan fingerprint density at radius 3 is 0.750 bits per heavy atom. The molecule has 0 saturated heterocycles. The van der Waals surface area contributed by atoms with E-state index in [2.05, 4.69) is 0 Å². The van der Waals surface area contributed by atoms with Gasteiger partial charge in [-0.2, -0.15) is 0 Å². The molecule has 0 aromatic rings. The fourth-order valence-corrected chi connectivity index (χ4v) is 0.642. The van der Waals surface area contributed by atoms with Crippen LogP contribution in [0.3, 0.4) is 0 Å². The van der Waals surface area contributed by atoms with E-state index in [0.717, 1.165) is 5.57 Å². The maximum absolute atomic E-state index is 5.03. The molecule has 1 heteroatoms. The van der Waals surface area contributed by atoms with E-state index in [0.29, 0.717) is 0 Å². The molecule has 2 fully saturated rings. The van der Waals surface area contributed by atoms with Crippen molar-refractivity contribution in [2.75, 3.05) is 0 Å². The molecule has 0 aromatic heterocycles. The minimum absolute atomic E-state index is 0. The van der Waals surface area contributed by atoms with Crippen LogP contribution in [0.1, 0.15) is 13.8 Å². The van der Waals surface area contributed by atoms with Crippen LogP contribution in [-0.2, 0) is 21.7 Å². The molecular weight excluding hydrogens is 228 g/mol. The van der Waals surface area contributed by atoms with Crippen LogP contribution < -0.4 is 0 Å². The van der Waals surface area contributed by atoms with E-state index in [1.807, 2.05) is 78.1 Å². The average molecular weight is 248 g/mol. The molecule has 82 valence electrons. The number of hydrogen-bond acceptors (Lipinski definition) is 0. The van der Waals surface area contributed by atoms with Crippen molar-refractivity contribution in [3.63, 3.8) is 0 Å². The van der Waals surface area contributed by atoms with Crippen molar-refractivity contribution in [3.05, 3.63) is 83.8 Å². The van der Waals surface area contributed by atoms with Gasteiger partial charge >= 0.3 is 21.7 Å². The van der Waals surface area contributed by atoms with E-state index < -0.39 is 0 Å². The molecule has 0 spiro atoms. The second kappa shape index (κ2) is 17.8. The summed E-state index contributed by atoms with van der Waals surface area (Å²) in [5.41, 5.74) is 0.917. The van der Waals surface area contributed by atoms with E-state index >= 15 is 0 Å². The van der Waals surface area contributed by atoms with E-state index in [4.69, 9.17) is 6.58 Å². The van der Waals surface area contributed by atoms with Crippen molar-refractivity contribution in [2.45, 2.75) is 13.8 Å². The normalized spacial score (nSPS) is 16.6. The molecule has 2 saturated carbocycles. The van der Waals surface area contributed by atoms with Gasteiger partial charge in [0.05, 0.1) is 0 Å². The van der Waals surface area contributed by atoms with Gasteiger partial charge in [-0.15, -0.1) is 0 Å². The summed E-state index contributed by atoms with van der Waals surface area (Å²) < 4.78 is 0. The fourth-order valence-electron chi connectivity index (χ4n) is 0.642. The maximum Gasteiger partial charge on any atom is 4.00 e. The Kier molecular flexibility index (Phi) is 24.2. The van der Waals surface area contributed by atoms with Crippen LogP contribution in [-0.4, -0.2) is 0 Å². The summed E-state index contributed by atoms with van der Waals surface area (Å²) in [4.78, 5) is 0. The molecule has 0 aromatic carbocycles. The molecule has 0 amide bonds. The molecule has 0 N–H and O–H groups in total. The van der Waals surface area contributed by atoms with Gasteiger partial charge in [-0.1, -0.05) is 13.8 Å². The summed E-state index contributed by atoms with van der Waals surface area (Å²) in [5, 5.41) is 0. The SMILES string of the molecule is [CH-]=C(C)C.[CH3-].[CH]1[CH][CH][CH][CH]1.[CH]1[CH][CH][CH][CH]1.[Ti+4]. The molecular formula is C15H20Ti+2. The number of allylic oxidation sites excluding steroid dienone is 1. The first-order valence-electron chi connectivity index (χ1n) is 4.62. The van der Waals surface area contributed by atoms with Crippen LogP contribution in [0.2, 0.25) is 0 Å². The Morgan fingerprint density at radius 2 is 0.688 bits per heavy atom. The Morgan fingerprint density at radius 1 is 0.625 bits per heavy atom. The standard InChI is InChI=1S/2C5H5.C4H7.CH3.Ti/c2*1-2-4-5-3-1;1-4(2)3;;/h2*1-5H;1H,2-3H3;1H3;/q;;2*-1;+4. The molecule has 0 bridgehead atoms. The summed E-state index contributed by atoms with van der Waals surface area (Å²) in [6.45, 7) is 8.75. The first kappa shape index (κ1) is 21.7. The van der Waals surface area contributed by atoms with Gasteiger partial charge in [0.25, 0.3) is 0 Å². The second-order valence-corrected chi connectivity index (χ2v) is 3.00. The van der Waals surface area contributed by atoms with Crippen molar-refractivity contribution in [3.8, 4) is 0 Å². The molecule has 0 nitrogen and oxygen atoms in total. The maximum atomic E-state index is 5.03. The van der Waals surface area contributed by atoms with Crippen molar-refractivity contribution in [2.24, 2.45) is 0 Å². The van der Waals surface area contributed by atoms with Gasteiger partial charge in [-0.3, -0.25) is 5.57 Å². The Balaban J connectivity index is -0.000000151. The van der Waals surface area contributed by atoms with E-state index in [-0.39, 0.29) is 29.1 Å². The fraction of sp³-hybridized carbons (Fsp3) is 0.133. The first-order valence-corrected chi connectivity index (χ1v) is 4.62. The minimum atomic E-state index is 0. The monoisotopic (exact) mass is 248 g/mol. The first-order chi connectivity index (χ1) is 6.73. The van der Waals surface area contributed by atoms with E-state index in [9.17, 15) is 0 Å². The van der Waals surface area contributed by atoms with E-state index in [1.165, 1.54) is 0 Å². The van der Waals surface area contributed by atoms with Crippen LogP contribution in [0, 0.1) is 78.2 Å². The molecule has 0 heterocycles. The molecule has 16 heavy (non-hydrogen) atoms. The third-order valence-electron chi connectivity index (χ3n) is 1.11. The Bertz CT molecular complexity index is 92.2. The van der Waals surface area contributed by atoms with Crippen LogP contribution in [0.25, 0.3) is 0 Å². The average Bonchev–Trinajstić information content (AvgIpc) is 2.83. The van der Waals surface area contributed by atoms with Crippen LogP contribution in [0.4, 0.5) is 0 Å². The number of hydrogen-bond donors (Lipinski definition) is 0. The molecule has 2 aliphatic carbocycles. The van der Waals surface area contributed by atoms with Crippen LogP contribution in [0.15, 0.2) is 5.57 Å².